The van der Waals surface area contributed by atoms with Crippen LogP contribution in [0, 0.1) is 89.8 Å². The van der Waals surface area contributed by atoms with Crippen LogP contribution in [0.3, 0.4) is 0 Å². The molecular formula is N5Np3. The van der Waals surface area contributed by atoms with Crippen LogP contribution >= 0.6 is 0 Å². The van der Waals surface area contributed by atoms with E-state index in [1.165, 1.54) is 0 Å². The zero-order chi connectivity index (χ0) is 0. The van der Waals surface area contributed by atoms with Gasteiger partial charge in [-0.1, -0.05) is 0 Å². The van der Waals surface area contributed by atoms with Crippen molar-refractivity contribution in [3.05, 3.63) is 30.8 Å². The third kappa shape index (κ3) is 67.4. The van der Waals surface area contributed by atoms with Gasteiger partial charge in [-0.05, 0) is 0 Å². The Hall–Kier alpha value is 2.84. The Morgan fingerprint density at radius 1 is 0.250 bits per heavy atom. The van der Waals surface area contributed by atoms with Crippen LogP contribution in [0.2, 0.25) is 0 Å². The van der Waals surface area contributed by atoms with Crippen molar-refractivity contribution < 1.29 is 89.8 Å². The summed E-state index contributed by atoms with van der Waals surface area (Å²) >= 11 is 0. The number of nitrogens with zero attached hydrogens (tertiary/aromatic N) is 5. The van der Waals surface area contributed by atoms with E-state index in [1.54, 1.807) is 0 Å². The molecule has 5 nitrogen and oxygen atoms in total. The van der Waals surface area contributed by atoms with Gasteiger partial charge in [0.15, 0.2) is 0 Å². The molecule has 40 valence electrons. The van der Waals surface area contributed by atoms with Gasteiger partial charge in [0.05, 0.1) is 0 Å². The Bertz CT molecular complexity index is 7.64. The van der Waals surface area contributed by atoms with E-state index in [0.717, 1.165) is 0 Å². The van der Waals surface area contributed by atoms with Gasteiger partial charge in [-0.2, -0.15) is 0 Å². The maximum Gasteiger partial charge on any atom is 5.00 e. The van der Waals surface area contributed by atoms with Crippen LogP contribution in [-0.4, -0.2) is 0 Å². The average molecular weight is 781 g/mol. The van der Waals surface area contributed by atoms with Crippen LogP contribution in [0.15, 0.2) is 0 Å². The van der Waals surface area contributed by atoms with Crippen LogP contribution < -0.4 is 0 Å². The van der Waals surface area contributed by atoms with Gasteiger partial charge < -0.3 is 30.8 Å². The molecule has 0 rings (SSSR count). The molecule has 0 saturated carbocycles. The molecule has 0 radical (unpaired) electrons. The quantitative estimate of drug-likeness (QED) is 0.350. The number of hydrogen-bond donors (Lipinski definition) is 0. The van der Waals surface area contributed by atoms with Gasteiger partial charge in [0, 0.05) is 0 Å². The Labute approximate surface area is 118 Å². The maximum absolute atomic E-state index is 0. The van der Waals surface area contributed by atoms with Gasteiger partial charge in [-0.25, -0.2) is 0 Å². The first-order valence-electron chi connectivity index (χ1n) is 0. The first-order valence-corrected chi connectivity index (χ1v) is 0. The minimum atomic E-state index is 0. The van der Waals surface area contributed by atoms with Gasteiger partial charge in [-0.15, -0.1) is 0 Å². The van der Waals surface area contributed by atoms with Gasteiger partial charge in [0.2, 0.25) is 0 Å². The van der Waals surface area contributed by atoms with E-state index in [4.69, 9.17) is 0 Å². The van der Waals surface area contributed by atoms with Crippen LogP contribution in [-0.2, 0) is 0 Å². The second-order valence-corrected chi connectivity index (χ2v) is 0. The predicted molar refractivity (Wildman–Crippen MR) is 16.8 cm³/mol. The SMILES string of the molecule is [N-3].[N-3].[N-3].[N-3].[N-3].[Np+5].[Np+5].[Np+5]. The van der Waals surface area contributed by atoms with E-state index in [2.05, 4.69) is 0 Å². The van der Waals surface area contributed by atoms with E-state index in [-0.39, 0.29) is 121 Å². The zero-order valence-corrected chi connectivity index (χ0v) is 14.8. The van der Waals surface area contributed by atoms with Gasteiger partial charge in [0.1, 0.15) is 0 Å². The van der Waals surface area contributed by atoms with Gasteiger partial charge >= 0.3 is 89.8 Å². The molecule has 0 heterocycles. The number of rotatable bonds is 0. The molecule has 0 saturated heterocycles. The first-order chi connectivity index (χ1) is 0. The van der Waals surface area contributed by atoms with Crippen molar-refractivity contribution in [1.82, 2.24) is 0 Å². The standard InChI is InChI=1S/5N.3Np/q5*-3;3*+5. The molecule has 0 aromatic rings. The van der Waals surface area contributed by atoms with E-state index < -0.39 is 0 Å². The molecule has 0 atom stereocenters. The summed E-state index contributed by atoms with van der Waals surface area (Å²) in [6.07, 6.45) is 0. The first kappa shape index (κ1) is 130. The monoisotopic (exact) mass is 778 g/mol. The minimum Gasteiger partial charge on any atom is -3.00 e. The number of hydrogen-bond acceptors (Lipinski definition) is 0. The third-order valence-electron chi connectivity index (χ3n) is 0. The summed E-state index contributed by atoms with van der Waals surface area (Å²) in [6.45, 7) is 0. The smallest absolute Gasteiger partial charge is 3.00 e. The van der Waals surface area contributed by atoms with Gasteiger partial charge in [0.25, 0.3) is 0 Å². The molecule has 0 aliphatic carbocycles. The summed E-state index contributed by atoms with van der Waals surface area (Å²) < 4.78 is 0. The van der Waals surface area contributed by atoms with Crippen molar-refractivity contribution in [2.45, 2.75) is 0 Å². The maximum atomic E-state index is 0. The van der Waals surface area contributed by atoms with Crippen LogP contribution in [0.25, 0.3) is 30.8 Å². The third-order valence-corrected chi connectivity index (χ3v) is 0. The predicted octanol–water partition coefficient (Wildman–Crippen LogP) is 1.44. The normalized spacial score (nSPS) is 0. The molecule has 0 unspecified atom stereocenters. The molecule has 0 N–H and O–H groups in total. The summed E-state index contributed by atoms with van der Waals surface area (Å²) in [5.41, 5.74) is 0. The molecule has 0 spiro atoms. The molecule has 8 heteroatoms. The second kappa shape index (κ2) is 95.4. The van der Waals surface area contributed by atoms with Crippen molar-refractivity contribution >= 4 is 0 Å². The van der Waals surface area contributed by atoms with Crippen molar-refractivity contribution in [3.63, 3.8) is 0 Å². The van der Waals surface area contributed by atoms with E-state index in [1.807, 2.05) is 0 Å². The average Bonchev–Trinajstić information content (AvgIpc) is 0. The summed E-state index contributed by atoms with van der Waals surface area (Å²) in [5.74, 6) is 0. The molecule has 8 heavy (non-hydrogen) atoms. The Morgan fingerprint density at radius 2 is 0.250 bits per heavy atom. The fourth-order valence-electron chi connectivity index (χ4n) is 0. The Balaban J connectivity index is 0. The van der Waals surface area contributed by atoms with Crippen molar-refractivity contribution in [1.29, 1.82) is 0 Å². The molecule has 0 fully saturated rings. The molecule has 0 bridgehead atoms. The van der Waals surface area contributed by atoms with Crippen LogP contribution in [0.4, 0.5) is 0 Å². The Morgan fingerprint density at radius 3 is 0.250 bits per heavy atom. The molecule has 0 aromatic carbocycles. The Kier molecular flexibility index (Phi) is 1550. The fourth-order valence-corrected chi connectivity index (χ4v) is 0. The summed E-state index contributed by atoms with van der Waals surface area (Å²) in [6, 6.07) is 0. The van der Waals surface area contributed by atoms with Crippen LogP contribution in [0.1, 0.15) is 0 Å². The van der Waals surface area contributed by atoms with Crippen molar-refractivity contribution in [3.8, 4) is 0 Å². The van der Waals surface area contributed by atoms with Crippen molar-refractivity contribution in [2.24, 2.45) is 0 Å². The topological polar surface area (TPSA) is 152 Å². The second-order valence-electron chi connectivity index (χ2n) is 0. The molecule has 0 aliphatic rings. The molecular weight excluding hydrogens is 781 g/mol. The van der Waals surface area contributed by atoms with Gasteiger partial charge in [-0.3, -0.25) is 0 Å². The molecule has 0 aromatic heterocycles. The van der Waals surface area contributed by atoms with E-state index in [9.17, 15) is 0 Å². The zero-order valence-electron chi connectivity index (χ0n) is 3.58. The van der Waals surface area contributed by atoms with E-state index in [0.29, 0.717) is 0 Å². The summed E-state index contributed by atoms with van der Waals surface area (Å²) in [4.78, 5) is 0. The van der Waals surface area contributed by atoms with E-state index >= 15 is 0 Å². The largest absolute Gasteiger partial charge is 5.00 e. The minimum absolute atomic E-state index is 0. The molecule has 0 amide bonds. The fraction of sp³-hybridized carbons (Fsp3) is 0. The summed E-state index contributed by atoms with van der Waals surface area (Å²) in [7, 11) is 0. The van der Waals surface area contributed by atoms with Crippen LogP contribution in [0.5, 0.6) is 0 Å². The summed E-state index contributed by atoms with van der Waals surface area (Å²) in [5, 5.41) is 0. The molecule has 0 aliphatic heterocycles. The van der Waals surface area contributed by atoms with Crippen molar-refractivity contribution in [2.75, 3.05) is 0 Å².